The van der Waals surface area contributed by atoms with E-state index < -0.39 is 17.1 Å². The van der Waals surface area contributed by atoms with Gasteiger partial charge in [0, 0.05) is 25.7 Å². The van der Waals surface area contributed by atoms with E-state index >= 15 is 0 Å². The largest absolute Gasteiger partial charge is 0.416 e. The van der Waals surface area contributed by atoms with E-state index in [1.807, 2.05) is 20.8 Å². The highest BCUT2D eigenvalue weighted by molar-refractivity contribution is 8.00. The number of halogens is 3. The molecule has 0 radical (unpaired) electrons. The van der Waals surface area contributed by atoms with Crippen molar-refractivity contribution >= 4 is 23.7 Å². The lowest BCUT2D eigenvalue weighted by Gasteiger charge is -2.29. The monoisotopic (exact) mass is 403 g/mol. The van der Waals surface area contributed by atoms with Crippen molar-refractivity contribution in [3.63, 3.8) is 0 Å². The van der Waals surface area contributed by atoms with Crippen molar-refractivity contribution in [1.82, 2.24) is 15.1 Å². The number of alkyl halides is 3. The Morgan fingerprint density at radius 3 is 2.59 bits per heavy atom. The van der Waals surface area contributed by atoms with Gasteiger partial charge in [-0.3, -0.25) is 4.79 Å². The van der Waals surface area contributed by atoms with Crippen LogP contribution in [0, 0.1) is 0 Å². The molecule has 3 amide bonds. The average molecular weight is 403 g/mol. The Morgan fingerprint density at radius 2 is 2.00 bits per heavy atom. The van der Waals surface area contributed by atoms with E-state index in [9.17, 15) is 22.8 Å². The van der Waals surface area contributed by atoms with Gasteiger partial charge in [-0.15, -0.1) is 11.8 Å². The van der Waals surface area contributed by atoms with Gasteiger partial charge < -0.3 is 15.1 Å². The van der Waals surface area contributed by atoms with E-state index in [0.29, 0.717) is 5.56 Å². The molecular weight excluding hydrogens is 379 g/mol. The number of carbonyl (C=O) groups excluding carboxylic acids is 2. The van der Waals surface area contributed by atoms with Crippen molar-refractivity contribution in [2.24, 2.45) is 0 Å². The molecule has 150 valence electrons. The van der Waals surface area contributed by atoms with Gasteiger partial charge in [-0.05, 0) is 38.5 Å². The molecule has 5 nitrogen and oxygen atoms in total. The Kier molecular flexibility index (Phi) is 6.34. The van der Waals surface area contributed by atoms with Crippen LogP contribution in [0.25, 0.3) is 0 Å². The molecule has 0 bridgehead atoms. The number of likely N-dealkylation sites (N-methyl/N-ethyl adjacent to an activating group) is 1. The van der Waals surface area contributed by atoms with Gasteiger partial charge in [0.2, 0.25) is 5.91 Å². The third-order valence-electron chi connectivity index (χ3n) is 3.97. The van der Waals surface area contributed by atoms with Gasteiger partial charge in [-0.25, -0.2) is 4.79 Å². The Balaban J connectivity index is 2.07. The number of urea groups is 1. The number of benzene rings is 1. The maximum absolute atomic E-state index is 13.0. The summed E-state index contributed by atoms with van der Waals surface area (Å²) < 4.78 is 38.9. The molecule has 2 rings (SSSR count). The molecule has 1 aliphatic rings. The van der Waals surface area contributed by atoms with Crippen LogP contribution in [0.2, 0.25) is 0 Å². The summed E-state index contributed by atoms with van der Waals surface area (Å²) in [6, 6.07) is 4.77. The first kappa shape index (κ1) is 21.4. The molecule has 1 heterocycles. The standard InChI is InChI=1S/C18H24F3N3O2S/c1-17(2,3)22-16(26)23(4)8-9-24-14(25)11-27-15(24)12-6-5-7-13(10-12)18(19,20)21/h5-7,10,15H,8-9,11H2,1-4H3,(H,22,26). The number of rotatable bonds is 4. The van der Waals surface area contributed by atoms with Crippen molar-refractivity contribution in [2.45, 2.75) is 37.9 Å². The molecule has 9 heteroatoms. The molecule has 1 unspecified atom stereocenters. The highest BCUT2D eigenvalue weighted by Crippen LogP contribution is 2.40. The van der Waals surface area contributed by atoms with Crippen LogP contribution in [0.3, 0.4) is 0 Å². The van der Waals surface area contributed by atoms with Crippen molar-refractivity contribution < 1.29 is 22.8 Å². The molecule has 1 N–H and O–H groups in total. The zero-order chi connectivity index (χ0) is 20.4. The van der Waals surface area contributed by atoms with E-state index in [2.05, 4.69) is 5.32 Å². The number of hydrogen-bond donors (Lipinski definition) is 1. The van der Waals surface area contributed by atoms with E-state index in [0.717, 1.165) is 12.1 Å². The first-order valence-electron chi connectivity index (χ1n) is 8.50. The summed E-state index contributed by atoms with van der Waals surface area (Å²) >= 11 is 1.29. The summed E-state index contributed by atoms with van der Waals surface area (Å²) in [5, 5.41) is 2.34. The van der Waals surface area contributed by atoms with Crippen LogP contribution in [0.5, 0.6) is 0 Å². The second-order valence-corrected chi connectivity index (χ2v) is 8.54. The first-order chi connectivity index (χ1) is 12.4. The van der Waals surface area contributed by atoms with Crippen LogP contribution in [-0.2, 0) is 11.0 Å². The first-order valence-corrected chi connectivity index (χ1v) is 9.55. The molecule has 0 saturated carbocycles. The maximum atomic E-state index is 13.0. The molecule has 1 aromatic carbocycles. The molecule has 0 spiro atoms. The minimum Gasteiger partial charge on any atom is -0.333 e. The van der Waals surface area contributed by atoms with Crippen molar-refractivity contribution in [2.75, 3.05) is 25.9 Å². The fourth-order valence-corrected chi connectivity index (χ4v) is 3.82. The van der Waals surface area contributed by atoms with E-state index in [-0.39, 0.29) is 36.3 Å². The van der Waals surface area contributed by atoms with Crippen LogP contribution in [0.15, 0.2) is 24.3 Å². The van der Waals surface area contributed by atoms with Crippen LogP contribution < -0.4 is 5.32 Å². The third-order valence-corrected chi connectivity index (χ3v) is 5.23. The van der Waals surface area contributed by atoms with Gasteiger partial charge >= 0.3 is 12.2 Å². The lowest BCUT2D eigenvalue weighted by Crippen LogP contribution is -2.49. The third kappa shape index (κ3) is 5.79. The number of hydrogen-bond acceptors (Lipinski definition) is 3. The summed E-state index contributed by atoms with van der Waals surface area (Å²) in [4.78, 5) is 27.3. The van der Waals surface area contributed by atoms with Crippen LogP contribution in [-0.4, -0.2) is 53.2 Å². The molecular formula is C18H24F3N3O2S. The van der Waals surface area contributed by atoms with Crippen LogP contribution in [0.4, 0.5) is 18.0 Å². The summed E-state index contributed by atoms with van der Waals surface area (Å²) in [5.74, 6) is 0.0609. The molecule has 0 aliphatic carbocycles. The van der Waals surface area contributed by atoms with Gasteiger partial charge in [0.1, 0.15) is 5.37 Å². The fourth-order valence-electron chi connectivity index (χ4n) is 2.62. The Labute approximate surface area is 161 Å². The van der Waals surface area contributed by atoms with Crippen molar-refractivity contribution in [3.8, 4) is 0 Å². The molecule has 1 aliphatic heterocycles. The van der Waals surface area contributed by atoms with E-state index in [1.54, 1.807) is 13.1 Å². The Bertz CT molecular complexity index is 704. The molecule has 1 saturated heterocycles. The van der Waals surface area contributed by atoms with E-state index in [4.69, 9.17) is 0 Å². The predicted molar refractivity (Wildman–Crippen MR) is 99.3 cm³/mol. The number of carbonyl (C=O) groups is 2. The van der Waals surface area contributed by atoms with Crippen molar-refractivity contribution in [3.05, 3.63) is 35.4 Å². The fraction of sp³-hybridized carbons (Fsp3) is 0.556. The summed E-state index contributed by atoms with van der Waals surface area (Å²) in [7, 11) is 1.62. The van der Waals surface area contributed by atoms with Gasteiger partial charge in [0.25, 0.3) is 0 Å². The summed E-state index contributed by atoms with van der Waals surface area (Å²) in [6.07, 6.45) is -4.43. The normalized spacial score (nSPS) is 18.0. The highest BCUT2D eigenvalue weighted by Gasteiger charge is 2.35. The molecule has 27 heavy (non-hydrogen) atoms. The molecule has 1 fully saturated rings. The zero-order valence-corrected chi connectivity index (χ0v) is 16.6. The smallest absolute Gasteiger partial charge is 0.333 e. The van der Waals surface area contributed by atoms with Crippen molar-refractivity contribution in [1.29, 1.82) is 0 Å². The molecule has 1 aromatic rings. The van der Waals surface area contributed by atoms with Gasteiger partial charge in [0.15, 0.2) is 0 Å². The SMILES string of the molecule is CN(CCN1C(=O)CSC1c1cccc(C(F)(F)F)c1)C(=O)NC(C)(C)C. The number of nitrogens with one attached hydrogen (secondary N) is 1. The second kappa shape index (κ2) is 8.00. The predicted octanol–water partition coefficient (Wildman–Crippen LogP) is 3.72. The highest BCUT2D eigenvalue weighted by atomic mass is 32.2. The van der Waals surface area contributed by atoms with Gasteiger partial charge in [-0.2, -0.15) is 13.2 Å². The zero-order valence-electron chi connectivity index (χ0n) is 15.8. The summed E-state index contributed by atoms with van der Waals surface area (Å²) in [5.41, 5.74) is -0.686. The molecule has 1 atom stereocenters. The minimum atomic E-state index is -4.43. The van der Waals surface area contributed by atoms with Gasteiger partial charge in [0.05, 0.1) is 11.3 Å². The van der Waals surface area contributed by atoms with Crippen LogP contribution >= 0.6 is 11.8 Å². The lowest BCUT2D eigenvalue weighted by atomic mass is 10.1. The van der Waals surface area contributed by atoms with Crippen LogP contribution in [0.1, 0.15) is 37.3 Å². The number of thioether (sulfide) groups is 1. The summed E-state index contributed by atoms with van der Waals surface area (Å²) in [6.45, 7) is 6.12. The Morgan fingerprint density at radius 1 is 1.33 bits per heavy atom. The second-order valence-electron chi connectivity index (χ2n) is 7.48. The Hall–Kier alpha value is -1.90. The molecule has 0 aromatic heterocycles. The maximum Gasteiger partial charge on any atom is 0.416 e. The number of amides is 3. The minimum absolute atomic E-state index is 0.146. The van der Waals surface area contributed by atoms with Gasteiger partial charge in [-0.1, -0.05) is 12.1 Å². The topological polar surface area (TPSA) is 52.7 Å². The quantitative estimate of drug-likeness (QED) is 0.834. The number of nitrogens with zero attached hydrogens (tertiary/aromatic N) is 2. The average Bonchev–Trinajstić information content (AvgIpc) is 2.91. The lowest BCUT2D eigenvalue weighted by molar-refractivity contribution is -0.137. The van der Waals surface area contributed by atoms with E-state index in [1.165, 1.54) is 27.6 Å².